The van der Waals surface area contributed by atoms with Crippen LogP contribution in [0, 0.1) is 0 Å². The summed E-state index contributed by atoms with van der Waals surface area (Å²) < 4.78 is 6.37. The Labute approximate surface area is 183 Å². The molecule has 7 nitrogen and oxygen atoms in total. The van der Waals surface area contributed by atoms with Crippen LogP contribution >= 0.6 is 15.9 Å². The Morgan fingerprint density at radius 3 is 2.67 bits per heavy atom. The van der Waals surface area contributed by atoms with Crippen LogP contribution in [-0.4, -0.2) is 42.4 Å². The zero-order chi connectivity index (χ0) is 21.6. The highest BCUT2D eigenvalue weighted by Gasteiger charge is 2.49. The lowest BCUT2D eigenvalue weighted by Gasteiger charge is -2.22. The maximum absolute atomic E-state index is 12.9. The molecule has 4 amide bonds. The van der Waals surface area contributed by atoms with Gasteiger partial charge in [0.2, 0.25) is 5.91 Å². The molecule has 0 aliphatic carbocycles. The Morgan fingerprint density at radius 1 is 1.17 bits per heavy atom. The van der Waals surface area contributed by atoms with Gasteiger partial charge in [0.25, 0.3) is 5.91 Å². The smallest absolute Gasteiger partial charge is 0.325 e. The molecule has 1 unspecified atom stereocenters. The van der Waals surface area contributed by atoms with E-state index in [1.807, 2.05) is 36.4 Å². The first kappa shape index (κ1) is 22.0. The average molecular weight is 474 g/mol. The summed E-state index contributed by atoms with van der Waals surface area (Å²) >= 11 is 3.37. The van der Waals surface area contributed by atoms with Crippen LogP contribution in [-0.2, 0) is 26.5 Å². The molecule has 0 bridgehead atoms. The molecule has 2 aromatic carbocycles. The second-order valence-corrected chi connectivity index (χ2v) is 8.11. The monoisotopic (exact) mass is 473 g/mol. The molecular weight excluding hydrogens is 450 g/mol. The predicted molar refractivity (Wildman–Crippen MR) is 115 cm³/mol. The molecule has 0 aromatic heterocycles. The van der Waals surface area contributed by atoms with E-state index in [1.165, 1.54) is 0 Å². The van der Waals surface area contributed by atoms with Gasteiger partial charge in [-0.15, -0.1) is 0 Å². The van der Waals surface area contributed by atoms with E-state index in [-0.39, 0.29) is 12.5 Å². The summed E-state index contributed by atoms with van der Waals surface area (Å²) in [5.74, 6) is -0.841. The first-order valence-electron chi connectivity index (χ1n) is 9.68. The third-order valence-electron chi connectivity index (χ3n) is 4.88. The summed E-state index contributed by atoms with van der Waals surface area (Å²) in [6.07, 6.45) is 0.633. The van der Waals surface area contributed by atoms with Crippen molar-refractivity contribution in [2.24, 2.45) is 0 Å². The van der Waals surface area contributed by atoms with Crippen molar-refractivity contribution in [3.05, 3.63) is 70.2 Å². The van der Waals surface area contributed by atoms with Crippen molar-refractivity contribution in [2.75, 3.05) is 19.7 Å². The molecular formula is C22H24BrN3O4. The van der Waals surface area contributed by atoms with Gasteiger partial charge in [-0.25, -0.2) is 4.79 Å². The molecule has 1 saturated heterocycles. The highest BCUT2D eigenvalue weighted by molar-refractivity contribution is 9.10. The standard InChI is InChI=1S/C22H24BrN3O4/c1-22(17-9-5-10-18(23)13-17)20(28)26(21(29)25-22)14-19(27)24-11-6-12-30-15-16-7-3-2-4-8-16/h2-5,7-10,13H,6,11-12,14-15H2,1H3,(H,24,27)(H,25,29). The van der Waals surface area contributed by atoms with Gasteiger partial charge in [0.05, 0.1) is 6.61 Å². The Hall–Kier alpha value is -2.71. The van der Waals surface area contributed by atoms with E-state index in [0.717, 1.165) is 14.9 Å². The second-order valence-electron chi connectivity index (χ2n) is 7.20. The van der Waals surface area contributed by atoms with Crippen LogP contribution in [0.5, 0.6) is 0 Å². The van der Waals surface area contributed by atoms with Gasteiger partial charge in [0, 0.05) is 17.6 Å². The van der Waals surface area contributed by atoms with Gasteiger partial charge >= 0.3 is 6.03 Å². The summed E-state index contributed by atoms with van der Waals surface area (Å²) in [6, 6.07) is 16.4. The summed E-state index contributed by atoms with van der Waals surface area (Å²) in [6.45, 7) is 2.74. The predicted octanol–water partition coefficient (Wildman–Crippen LogP) is 2.94. The number of imide groups is 1. The Bertz CT molecular complexity index is 922. The van der Waals surface area contributed by atoms with Crippen molar-refractivity contribution in [3.8, 4) is 0 Å². The largest absolute Gasteiger partial charge is 0.377 e. The average Bonchev–Trinajstić information content (AvgIpc) is 2.95. The van der Waals surface area contributed by atoms with Gasteiger partial charge in [-0.05, 0) is 36.6 Å². The minimum atomic E-state index is -1.20. The summed E-state index contributed by atoms with van der Waals surface area (Å²) in [4.78, 5) is 38.3. The number of halogens is 1. The Morgan fingerprint density at radius 2 is 1.93 bits per heavy atom. The summed E-state index contributed by atoms with van der Waals surface area (Å²) in [5.41, 5.74) is 0.536. The van der Waals surface area contributed by atoms with Crippen LogP contribution in [0.3, 0.4) is 0 Å². The number of amides is 4. The molecule has 3 rings (SSSR count). The second kappa shape index (κ2) is 9.86. The van der Waals surface area contributed by atoms with Gasteiger partial charge in [-0.1, -0.05) is 58.4 Å². The molecule has 1 aliphatic rings. The quantitative estimate of drug-likeness (QED) is 0.432. The van der Waals surface area contributed by atoms with Crippen molar-refractivity contribution in [3.63, 3.8) is 0 Å². The van der Waals surface area contributed by atoms with Gasteiger partial charge in [-0.3, -0.25) is 14.5 Å². The van der Waals surface area contributed by atoms with Gasteiger partial charge in [-0.2, -0.15) is 0 Å². The molecule has 158 valence electrons. The molecule has 1 aliphatic heterocycles. The van der Waals surface area contributed by atoms with E-state index in [1.54, 1.807) is 25.1 Å². The number of carbonyl (C=O) groups is 3. The Kier molecular flexibility index (Phi) is 7.23. The van der Waals surface area contributed by atoms with E-state index < -0.39 is 17.5 Å². The SMILES string of the molecule is CC1(c2cccc(Br)c2)NC(=O)N(CC(=O)NCCCOCc2ccccc2)C1=O. The zero-order valence-corrected chi connectivity index (χ0v) is 18.3. The molecule has 2 N–H and O–H groups in total. The van der Waals surface area contributed by atoms with Crippen molar-refractivity contribution in [2.45, 2.75) is 25.5 Å². The van der Waals surface area contributed by atoms with Crippen LogP contribution in [0.15, 0.2) is 59.1 Å². The van der Waals surface area contributed by atoms with E-state index >= 15 is 0 Å². The number of rotatable bonds is 9. The topological polar surface area (TPSA) is 87.7 Å². The van der Waals surface area contributed by atoms with Crippen LogP contribution < -0.4 is 10.6 Å². The molecule has 0 spiro atoms. The number of urea groups is 1. The maximum atomic E-state index is 12.9. The summed E-state index contributed by atoms with van der Waals surface area (Å²) in [7, 11) is 0. The normalized spacial score (nSPS) is 18.4. The van der Waals surface area contributed by atoms with Crippen LogP contribution in [0.25, 0.3) is 0 Å². The fourth-order valence-corrected chi connectivity index (χ4v) is 3.60. The number of ether oxygens (including phenoxy) is 1. The number of carbonyl (C=O) groups excluding carboxylic acids is 3. The number of nitrogens with one attached hydrogen (secondary N) is 2. The third-order valence-corrected chi connectivity index (χ3v) is 5.37. The third kappa shape index (κ3) is 5.25. The molecule has 1 fully saturated rings. The zero-order valence-electron chi connectivity index (χ0n) is 16.7. The lowest BCUT2D eigenvalue weighted by Crippen LogP contribution is -2.43. The molecule has 0 radical (unpaired) electrons. The van der Waals surface area contributed by atoms with Gasteiger partial charge in [0.1, 0.15) is 12.1 Å². The fourth-order valence-electron chi connectivity index (χ4n) is 3.20. The van der Waals surface area contributed by atoms with Crippen molar-refractivity contribution in [1.29, 1.82) is 0 Å². The Balaban J connectivity index is 1.43. The molecule has 2 aromatic rings. The minimum absolute atomic E-state index is 0.320. The number of hydrogen-bond donors (Lipinski definition) is 2. The van der Waals surface area contributed by atoms with Crippen LogP contribution in [0.2, 0.25) is 0 Å². The first-order chi connectivity index (χ1) is 14.4. The van der Waals surface area contributed by atoms with E-state index in [2.05, 4.69) is 26.6 Å². The summed E-state index contributed by atoms with van der Waals surface area (Å²) in [5, 5.41) is 5.42. The van der Waals surface area contributed by atoms with E-state index in [9.17, 15) is 14.4 Å². The lowest BCUT2D eigenvalue weighted by molar-refractivity contribution is -0.134. The number of hydrogen-bond acceptors (Lipinski definition) is 4. The minimum Gasteiger partial charge on any atom is -0.377 e. The molecule has 1 heterocycles. The van der Waals surface area contributed by atoms with Crippen molar-refractivity contribution >= 4 is 33.8 Å². The lowest BCUT2D eigenvalue weighted by atomic mass is 9.92. The van der Waals surface area contributed by atoms with Crippen molar-refractivity contribution in [1.82, 2.24) is 15.5 Å². The van der Waals surface area contributed by atoms with Crippen LogP contribution in [0.4, 0.5) is 4.79 Å². The molecule has 0 saturated carbocycles. The fraction of sp³-hybridized carbons (Fsp3) is 0.318. The molecule has 1 atom stereocenters. The highest BCUT2D eigenvalue weighted by atomic mass is 79.9. The molecule has 8 heteroatoms. The van der Waals surface area contributed by atoms with Crippen molar-refractivity contribution < 1.29 is 19.1 Å². The van der Waals surface area contributed by atoms with E-state index in [4.69, 9.17) is 4.74 Å². The number of benzene rings is 2. The number of nitrogens with zero attached hydrogens (tertiary/aromatic N) is 1. The van der Waals surface area contributed by atoms with Crippen LogP contribution in [0.1, 0.15) is 24.5 Å². The maximum Gasteiger partial charge on any atom is 0.325 e. The van der Waals surface area contributed by atoms with Gasteiger partial charge < -0.3 is 15.4 Å². The van der Waals surface area contributed by atoms with Gasteiger partial charge in [0.15, 0.2) is 0 Å². The molecule has 30 heavy (non-hydrogen) atoms. The first-order valence-corrected chi connectivity index (χ1v) is 10.5. The highest BCUT2D eigenvalue weighted by Crippen LogP contribution is 2.30. The van der Waals surface area contributed by atoms with E-state index in [0.29, 0.717) is 31.7 Å².